The molecular formula is C15H18N4. The highest BCUT2D eigenvalue weighted by Gasteiger charge is 2.09. The van der Waals surface area contributed by atoms with Gasteiger partial charge in [-0.05, 0) is 31.5 Å². The van der Waals surface area contributed by atoms with Crippen molar-refractivity contribution in [3.63, 3.8) is 0 Å². The van der Waals surface area contributed by atoms with E-state index in [1.165, 1.54) is 0 Å². The van der Waals surface area contributed by atoms with Gasteiger partial charge in [0.2, 0.25) is 0 Å². The molecule has 0 bridgehead atoms. The number of anilines is 1. The zero-order valence-corrected chi connectivity index (χ0v) is 11.3. The molecule has 0 amide bonds. The van der Waals surface area contributed by atoms with Crippen LogP contribution in [0.15, 0.2) is 30.6 Å². The number of H-pyrrole nitrogens is 1. The normalized spacial score (nSPS) is 11.3. The van der Waals surface area contributed by atoms with Crippen molar-refractivity contribution in [2.75, 3.05) is 18.0 Å². The average Bonchev–Trinajstić information content (AvgIpc) is 2.82. The lowest BCUT2D eigenvalue weighted by atomic mass is 10.2. The minimum atomic E-state index is 0.940. The molecule has 0 saturated carbocycles. The number of aromatic amines is 1. The number of nitrogens with zero attached hydrogens (tertiary/aromatic N) is 3. The van der Waals surface area contributed by atoms with Gasteiger partial charge < -0.3 is 9.88 Å². The monoisotopic (exact) mass is 254 g/mol. The Kier molecular flexibility index (Phi) is 3.07. The highest BCUT2D eigenvalue weighted by molar-refractivity contribution is 6.05. The number of pyridine rings is 2. The molecule has 3 heterocycles. The molecule has 98 valence electrons. The highest BCUT2D eigenvalue weighted by Crippen LogP contribution is 2.25. The molecule has 0 saturated heterocycles. The summed E-state index contributed by atoms with van der Waals surface area (Å²) >= 11 is 0. The van der Waals surface area contributed by atoms with Crippen LogP contribution in [0.1, 0.15) is 20.3 Å². The predicted molar refractivity (Wildman–Crippen MR) is 79.6 cm³/mol. The van der Waals surface area contributed by atoms with E-state index >= 15 is 0 Å². The quantitative estimate of drug-likeness (QED) is 0.776. The van der Waals surface area contributed by atoms with Gasteiger partial charge in [0.1, 0.15) is 11.5 Å². The number of rotatable bonds is 4. The standard InChI is InChI=1S/C15H18N4/c1-3-9-19(4-2)14-6-5-11-12-10-16-8-7-13(12)17-15(11)18-14/h5-8,10H,3-4,9H2,1-2H3,(H,17,18). The van der Waals surface area contributed by atoms with Crippen molar-refractivity contribution in [3.8, 4) is 0 Å². The van der Waals surface area contributed by atoms with E-state index in [0.29, 0.717) is 0 Å². The summed E-state index contributed by atoms with van der Waals surface area (Å²) in [5, 5.41) is 2.27. The molecule has 0 fully saturated rings. The Morgan fingerprint density at radius 2 is 2.05 bits per heavy atom. The van der Waals surface area contributed by atoms with E-state index in [-0.39, 0.29) is 0 Å². The van der Waals surface area contributed by atoms with E-state index in [0.717, 1.165) is 47.3 Å². The van der Waals surface area contributed by atoms with Crippen molar-refractivity contribution < 1.29 is 0 Å². The Balaban J connectivity index is 2.12. The maximum atomic E-state index is 4.74. The zero-order valence-electron chi connectivity index (χ0n) is 11.3. The molecule has 0 aliphatic carbocycles. The lowest BCUT2D eigenvalue weighted by Crippen LogP contribution is -2.24. The van der Waals surface area contributed by atoms with Gasteiger partial charge in [-0.15, -0.1) is 0 Å². The SMILES string of the molecule is CCCN(CC)c1ccc2c(n1)[nH]c1ccncc12. The molecule has 3 rings (SSSR count). The molecule has 0 atom stereocenters. The number of hydrogen-bond donors (Lipinski definition) is 1. The minimum absolute atomic E-state index is 0.940. The van der Waals surface area contributed by atoms with Crippen LogP contribution < -0.4 is 4.90 Å². The van der Waals surface area contributed by atoms with Gasteiger partial charge in [0.15, 0.2) is 0 Å². The molecular weight excluding hydrogens is 236 g/mol. The lowest BCUT2D eigenvalue weighted by Gasteiger charge is -2.20. The molecule has 0 radical (unpaired) electrons. The molecule has 0 spiro atoms. The van der Waals surface area contributed by atoms with E-state index in [9.17, 15) is 0 Å². The number of nitrogens with one attached hydrogen (secondary N) is 1. The first kappa shape index (κ1) is 12.0. The number of hydrogen-bond acceptors (Lipinski definition) is 3. The third kappa shape index (κ3) is 2.03. The van der Waals surface area contributed by atoms with Gasteiger partial charge >= 0.3 is 0 Å². The third-order valence-corrected chi connectivity index (χ3v) is 3.44. The molecule has 19 heavy (non-hydrogen) atoms. The first-order valence-electron chi connectivity index (χ1n) is 6.81. The second-order valence-corrected chi connectivity index (χ2v) is 4.69. The first-order chi connectivity index (χ1) is 9.33. The molecule has 0 aliphatic heterocycles. The molecule has 0 aromatic carbocycles. The van der Waals surface area contributed by atoms with Crippen molar-refractivity contribution in [2.24, 2.45) is 0 Å². The van der Waals surface area contributed by atoms with Crippen LogP contribution in [-0.4, -0.2) is 28.0 Å². The van der Waals surface area contributed by atoms with Gasteiger partial charge in [-0.2, -0.15) is 0 Å². The van der Waals surface area contributed by atoms with Gasteiger partial charge in [0.25, 0.3) is 0 Å². The summed E-state index contributed by atoms with van der Waals surface area (Å²) in [6.07, 6.45) is 4.82. The topological polar surface area (TPSA) is 44.8 Å². The Morgan fingerprint density at radius 1 is 1.16 bits per heavy atom. The largest absolute Gasteiger partial charge is 0.357 e. The highest BCUT2D eigenvalue weighted by atomic mass is 15.2. The van der Waals surface area contributed by atoms with Crippen molar-refractivity contribution in [1.82, 2.24) is 15.0 Å². The van der Waals surface area contributed by atoms with Gasteiger partial charge in [0.05, 0.1) is 5.52 Å². The van der Waals surface area contributed by atoms with Crippen molar-refractivity contribution in [2.45, 2.75) is 20.3 Å². The van der Waals surface area contributed by atoms with E-state index < -0.39 is 0 Å². The first-order valence-corrected chi connectivity index (χ1v) is 6.81. The summed E-state index contributed by atoms with van der Waals surface area (Å²) in [4.78, 5) is 14.6. The summed E-state index contributed by atoms with van der Waals surface area (Å²) in [5.74, 6) is 1.04. The fourth-order valence-corrected chi connectivity index (χ4v) is 2.49. The second kappa shape index (κ2) is 4.88. The maximum Gasteiger partial charge on any atom is 0.140 e. The lowest BCUT2D eigenvalue weighted by molar-refractivity contribution is 0.780. The summed E-state index contributed by atoms with van der Waals surface area (Å²) in [5.41, 5.74) is 2.03. The number of fused-ring (bicyclic) bond motifs is 3. The van der Waals surface area contributed by atoms with Crippen LogP contribution in [0, 0.1) is 0 Å². The average molecular weight is 254 g/mol. The Labute approximate surface area is 112 Å². The Bertz CT molecular complexity index is 702. The fourth-order valence-electron chi connectivity index (χ4n) is 2.49. The minimum Gasteiger partial charge on any atom is -0.357 e. The van der Waals surface area contributed by atoms with Crippen LogP contribution in [0.2, 0.25) is 0 Å². The molecule has 3 aromatic heterocycles. The van der Waals surface area contributed by atoms with E-state index in [2.05, 4.69) is 40.8 Å². The summed E-state index contributed by atoms with van der Waals surface area (Å²) in [7, 11) is 0. The van der Waals surface area contributed by atoms with Crippen LogP contribution in [0.5, 0.6) is 0 Å². The van der Waals surface area contributed by atoms with Gasteiger partial charge in [0, 0.05) is 36.3 Å². The van der Waals surface area contributed by atoms with Gasteiger partial charge in [-0.1, -0.05) is 6.92 Å². The molecule has 1 N–H and O–H groups in total. The van der Waals surface area contributed by atoms with Gasteiger partial charge in [-0.3, -0.25) is 4.98 Å². The van der Waals surface area contributed by atoms with E-state index in [1.807, 2.05) is 12.3 Å². The zero-order chi connectivity index (χ0) is 13.2. The summed E-state index contributed by atoms with van der Waals surface area (Å²) in [6.45, 7) is 6.37. The molecule has 0 aliphatic rings. The maximum absolute atomic E-state index is 4.74. The van der Waals surface area contributed by atoms with Crippen molar-refractivity contribution in [1.29, 1.82) is 0 Å². The molecule has 4 heteroatoms. The third-order valence-electron chi connectivity index (χ3n) is 3.44. The van der Waals surface area contributed by atoms with E-state index in [4.69, 9.17) is 4.98 Å². The molecule has 0 unspecified atom stereocenters. The van der Waals surface area contributed by atoms with Crippen LogP contribution in [-0.2, 0) is 0 Å². The van der Waals surface area contributed by atoms with Crippen molar-refractivity contribution in [3.05, 3.63) is 30.6 Å². The van der Waals surface area contributed by atoms with Crippen LogP contribution in [0.25, 0.3) is 21.9 Å². The number of aromatic nitrogens is 3. The van der Waals surface area contributed by atoms with Crippen LogP contribution in [0.3, 0.4) is 0 Å². The Morgan fingerprint density at radius 3 is 2.84 bits per heavy atom. The summed E-state index contributed by atoms with van der Waals surface area (Å²) < 4.78 is 0. The molecule has 4 nitrogen and oxygen atoms in total. The predicted octanol–water partition coefficient (Wildman–Crippen LogP) is 3.35. The second-order valence-electron chi connectivity index (χ2n) is 4.69. The van der Waals surface area contributed by atoms with Crippen molar-refractivity contribution >= 4 is 27.8 Å². The molecule has 3 aromatic rings. The summed E-state index contributed by atoms with van der Waals surface area (Å²) in [6, 6.07) is 6.22. The fraction of sp³-hybridized carbons (Fsp3) is 0.333. The van der Waals surface area contributed by atoms with Crippen LogP contribution >= 0.6 is 0 Å². The Hall–Kier alpha value is -2.10. The van der Waals surface area contributed by atoms with Gasteiger partial charge in [-0.25, -0.2) is 4.98 Å². The smallest absolute Gasteiger partial charge is 0.140 e. The van der Waals surface area contributed by atoms with Crippen LogP contribution in [0.4, 0.5) is 5.82 Å². The van der Waals surface area contributed by atoms with E-state index in [1.54, 1.807) is 6.20 Å².